The zero-order valence-electron chi connectivity index (χ0n) is 34.6. The molecular weight excluding hydrogens is 721 g/mol. The lowest BCUT2D eigenvalue weighted by atomic mass is 9.84. The van der Waals surface area contributed by atoms with Gasteiger partial charge in [0.2, 0.25) is 12.3 Å². The second-order valence-corrected chi connectivity index (χ2v) is 16.7. The number of aryl methyl sites for hydroxylation is 1. The molecule has 6 bridgehead atoms. The summed E-state index contributed by atoms with van der Waals surface area (Å²) in [5.41, 5.74) is 10.7. The lowest BCUT2D eigenvalue weighted by molar-refractivity contribution is -0.155. The van der Waals surface area contributed by atoms with Gasteiger partial charge in [0.05, 0.1) is 30.0 Å². The first kappa shape index (κ1) is 41.6. The Hall–Kier alpha value is -5.07. The van der Waals surface area contributed by atoms with Gasteiger partial charge in [-0.05, 0) is 85.5 Å². The maximum Gasteiger partial charge on any atom is 0.324 e. The van der Waals surface area contributed by atoms with Crippen LogP contribution in [0.1, 0.15) is 77.3 Å². The molecule has 57 heavy (non-hydrogen) atoms. The van der Waals surface area contributed by atoms with Crippen LogP contribution in [0.25, 0.3) is 33.3 Å². The van der Waals surface area contributed by atoms with Crippen LogP contribution in [0.15, 0.2) is 60.8 Å². The quantitative estimate of drug-likeness (QED) is 0.146. The summed E-state index contributed by atoms with van der Waals surface area (Å²) in [6.07, 6.45) is 4.19. The van der Waals surface area contributed by atoms with Gasteiger partial charge in [0, 0.05) is 68.3 Å². The van der Waals surface area contributed by atoms with Crippen LogP contribution in [-0.2, 0) is 48.0 Å². The number of esters is 1. The molecule has 12 heteroatoms. The molecule has 0 aliphatic carbocycles. The fourth-order valence-corrected chi connectivity index (χ4v) is 8.21. The molecule has 4 aromatic rings. The summed E-state index contributed by atoms with van der Waals surface area (Å²) < 4.78 is 14.2. The number of rotatable bonds is 10. The van der Waals surface area contributed by atoms with Crippen LogP contribution in [0.5, 0.6) is 0 Å². The molecule has 2 aliphatic rings. The summed E-state index contributed by atoms with van der Waals surface area (Å²) in [6, 6.07) is 17.1. The van der Waals surface area contributed by atoms with Crippen molar-refractivity contribution in [2.24, 2.45) is 17.3 Å². The van der Waals surface area contributed by atoms with Crippen molar-refractivity contribution in [3.05, 3.63) is 77.6 Å². The van der Waals surface area contributed by atoms with Crippen LogP contribution >= 0.6 is 0 Å². The van der Waals surface area contributed by atoms with E-state index in [1.807, 2.05) is 39.0 Å². The van der Waals surface area contributed by atoms with Gasteiger partial charge in [0.25, 0.3) is 5.91 Å². The number of benzene rings is 2. The molecule has 304 valence electrons. The number of amides is 3. The van der Waals surface area contributed by atoms with Gasteiger partial charge in [-0.3, -0.25) is 29.2 Å². The van der Waals surface area contributed by atoms with Crippen LogP contribution in [0.4, 0.5) is 0 Å². The average molecular weight is 779 g/mol. The number of methoxy groups -OCH3 is 1. The Morgan fingerprint density at radius 1 is 1.12 bits per heavy atom. The molecule has 0 spiro atoms. The second kappa shape index (κ2) is 17.6. The zero-order valence-corrected chi connectivity index (χ0v) is 34.6. The zero-order chi connectivity index (χ0) is 41.0. The highest BCUT2D eigenvalue weighted by molar-refractivity contribution is 5.95. The van der Waals surface area contributed by atoms with Gasteiger partial charge in [-0.1, -0.05) is 58.0 Å². The van der Waals surface area contributed by atoms with Crippen molar-refractivity contribution in [2.75, 3.05) is 33.9 Å². The van der Waals surface area contributed by atoms with Gasteiger partial charge in [0.1, 0.15) is 12.1 Å². The number of carbonyl (C=O) groups excluding carboxylic acids is 4. The number of fused-ring (bicyclic) bond motifs is 6. The summed E-state index contributed by atoms with van der Waals surface area (Å²) in [5.74, 6) is -1.69. The van der Waals surface area contributed by atoms with Crippen molar-refractivity contribution in [1.82, 2.24) is 30.2 Å². The van der Waals surface area contributed by atoms with Crippen molar-refractivity contribution in [3.63, 3.8) is 0 Å². The van der Waals surface area contributed by atoms with Crippen LogP contribution in [0, 0.1) is 17.3 Å². The first-order valence-corrected chi connectivity index (χ1v) is 20.2. The average Bonchev–Trinajstić information content (AvgIpc) is 3.51. The highest BCUT2D eigenvalue weighted by atomic mass is 16.5. The van der Waals surface area contributed by atoms with Gasteiger partial charge < -0.3 is 24.3 Å². The molecule has 1 saturated heterocycles. The molecule has 2 aromatic carbocycles. The molecular formula is C45H58N6O6. The second-order valence-electron chi connectivity index (χ2n) is 16.7. The van der Waals surface area contributed by atoms with Gasteiger partial charge in [0.15, 0.2) is 0 Å². The third-order valence-corrected chi connectivity index (χ3v) is 11.4. The number of carbonyl (C=O) groups is 4. The normalized spacial score (nSPS) is 19.8. The Morgan fingerprint density at radius 2 is 1.89 bits per heavy atom. The fourth-order valence-electron chi connectivity index (χ4n) is 8.21. The molecule has 1 unspecified atom stereocenters. The van der Waals surface area contributed by atoms with E-state index in [9.17, 15) is 19.2 Å². The summed E-state index contributed by atoms with van der Waals surface area (Å²) in [5, 5.41) is 5.62. The Bertz CT molecular complexity index is 2110. The minimum atomic E-state index is -0.936. The van der Waals surface area contributed by atoms with Crippen molar-refractivity contribution < 1.29 is 28.7 Å². The molecule has 12 nitrogen and oxygen atoms in total. The minimum absolute atomic E-state index is 0.0856. The molecule has 4 heterocycles. The molecule has 2 aromatic heterocycles. The monoisotopic (exact) mass is 778 g/mol. The van der Waals surface area contributed by atoms with Crippen LogP contribution in [-0.4, -0.2) is 89.6 Å². The number of pyridine rings is 1. The standard InChI is InChI=1S/C45H58N6O6/c1-9-50-39-18-17-32-23-34(39)35(41(50)33-15-11-19-46-40(33)29(4)56-8)24-45(5,6)26-57-44(55)37-16-12-20-51(48-37)43(54)38(22-30-13-10-14-31(32)21-30)47-42(53)36(28(2)3)25-49(7)27-52/h10-11,13-15,17-19,21,23,27-29,36-38,48H,9,12,16,20,22,24-26H2,1-8H3,(H,47,53)/t29-,36?,37-,38-/m0/s1. The van der Waals surface area contributed by atoms with E-state index in [-0.39, 0.29) is 43.4 Å². The van der Waals surface area contributed by atoms with Crippen molar-refractivity contribution >= 4 is 35.1 Å². The molecule has 4 atom stereocenters. The number of hydrazine groups is 1. The molecule has 6 rings (SSSR count). The van der Waals surface area contributed by atoms with Gasteiger partial charge in [-0.25, -0.2) is 5.43 Å². The van der Waals surface area contributed by atoms with E-state index >= 15 is 0 Å². The van der Waals surface area contributed by atoms with E-state index in [1.54, 1.807) is 20.4 Å². The van der Waals surface area contributed by atoms with Crippen LogP contribution in [0.3, 0.4) is 0 Å². The predicted octanol–water partition coefficient (Wildman–Crippen LogP) is 6.11. The van der Waals surface area contributed by atoms with E-state index in [2.05, 4.69) is 72.5 Å². The Morgan fingerprint density at radius 3 is 2.61 bits per heavy atom. The Labute approximate surface area is 336 Å². The lowest BCUT2D eigenvalue weighted by Gasteiger charge is -2.36. The van der Waals surface area contributed by atoms with Crippen molar-refractivity contribution in [1.29, 1.82) is 0 Å². The Balaban J connectivity index is 1.50. The molecule has 3 amide bonds. The maximum atomic E-state index is 14.4. The summed E-state index contributed by atoms with van der Waals surface area (Å²) >= 11 is 0. The number of hydrogen-bond donors (Lipinski definition) is 2. The molecule has 0 saturated carbocycles. The molecule has 2 aliphatic heterocycles. The number of hydrogen-bond acceptors (Lipinski definition) is 8. The number of ether oxygens (including phenoxy) is 2. The smallest absolute Gasteiger partial charge is 0.324 e. The number of cyclic esters (lactones) is 1. The maximum absolute atomic E-state index is 14.4. The summed E-state index contributed by atoms with van der Waals surface area (Å²) in [4.78, 5) is 59.8. The number of aromatic nitrogens is 2. The first-order valence-electron chi connectivity index (χ1n) is 20.2. The SMILES string of the molecule is CCn1c(-c2cccnc2[C@H](C)OC)c2c3cc(ccc31)-c1cccc(c1)C[C@H](NC(=O)C(CN(C)C=O)C(C)C)C(=O)N1CCC[C@H](N1)C(=O)OCC(C)(C)C2. The highest BCUT2D eigenvalue weighted by Crippen LogP contribution is 2.42. The third kappa shape index (κ3) is 9.07. The van der Waals surface area contributed by atoms with E-state index in [0.29, 0.717) is 32.2 Å². The lowest BCUT2D eigenvalue weighted by Crippen LogP contribution is -2.61. The molecule has 0 radical (unpaired) electrons. The van der Waals surface area contributed by atoms with Crippen LogP contribution < -0.4 is 10.7 Å². The topological polar surface area (TPSA) is 135 Å². The summed E-state index contributed by atoms with van der Waals surface area (Å²) in [6.45, 7) is 13.7. The number of nitrogens with one attached hydrogen (secondary N) is 2. The van der Waals surface area contributed by atoms with E-state index in [4.69, 9.17) is 14.5 Å². The molecule has 1 fully saturated rings. The number of nitrogens with zero attached hydrogens (tertiary/aromatic N) is 4. The van der Waals surface area contributed by atoms with Gasteiger partial charge in [-0.15, -0.1) is 0 Å². The van der Waals surface area contributed by atoms with E-state index in [0.717, 1.165) is 56.7 Å². The minimum Gasteiger partial charge on any atom is -0.464 e. The third-order valence-electron chi connectivity index (χ3n) is 11.4. The molecule has 2 N–H and O–H groups in total. The largest absolute Gasteiger partial charge is 0.464 e. The Kier molecular flexibility index (Phi) is 12.8. The fraction of sp³-hybridized carbons (Fsp3) is 0.489. The van der Waals surface area contributed by atoms with Gasteiger partial charge >= 0.3 is 5.97 Å². The predicted molar refractivity (Wildman–Crippen MR) is 221 cm³/mol. The summed E-state index contributed by atoms with van der Waals surface area (Å²) in [7, 11) is 3.33. The first-order chi connectivity index (χ1) is 27.2. The van der Waals surface area contributed by atoms with Crippen LogP contribution in [0.2, 0.25) is 0 Å². The van der Waals surface area contributed by atoms with E-state index in [1.165, 1.54) is 9.91 Å². The van der Waals surface area contributed by atoms with Crippen molar-refractivity contribution in [3.8, 4) is 22.4 Å². The van der Waals surface area contributed by atoms with Crippen molar-refractivity contribution in [2.45, 2.75) is 92.0 Å². The van der Waals surface area contributed by atoms with Gasteiger partial charge in [-0.2, -0.15) is 0 Å². The van der Waals surface area contributed by atoms with E-state index < -0.39 is 29.4 Å². The highest BCUT2D eigenvalue weighted by Gasteiger charge is 2.36.